The summed E-state index contributed by atoms with van der Waals surface area (Å²) in [5, 5.41) is 19.0. The van der Waals surface area contributed by atoms with Crippen molar-refractivity contribution in [2.45, 2.75) is 45.3 Å². The molecule has 0 aliphatic rings. The molecule has 0 radical (unpaired) electrons. The van der Waals surface area contributed by atoms with E-state index in [1.807, 2.05) is 24.3 Å². The predicted octanol–water partition coefficient (Wildman–Crippen LogP) is 1.92. The van der Waals surface area contributed by atoms with Gasteiger partial charge in [-0.2, -0.15) is 0 Å². The molecule has 1 aromatic rings. The van der Waals surface area contributed by atoms with Gasteiger partial charge in [0.25, 0.3) is 0 Å². The Balaban J connectivity index is 2.74. The van der Waals surface area contributed by atoms with E-state index in [4.69, 9.17) is 0 Å². The van der Waals surface area contributed by atoms with Crippen LogP contribution in [0.5, 0.6) is 0 Å². The second kappa shape index (κ2) is 4.77. The molecule has 0 fully saturated rings. The van der Waals surface area contributed by atoms with Crippen LogP contribution in [0.15, 0.2) is 24.3 Å². The molecule has 2 heteroatoms. The van der Waals surface area contributed by atoms with Crippen molar-refractivity contribution in [2.75, 3.05) is 0 Å². The SMILES string of the molecule is CC(O)Cc1cccc(CC(C)(C)O)c1. The second-order valence-electron chi connectivity index (χ2n) is 4.86. The average molecular weight is 208 g/mol. The van der Waals surface area contributed by atoms with Gasteiger partial charge in [0.2, 0.25) is 0 Å². The van der Waals surface area contributed by atoms with Crippen LogP contribution in [-0.2, 0) is 12.8 Å². The van der Waals surface area contributed by atoms with Crippen LogP contribution in [0.4, 0.5) is 0 Å². The van der Waals surface area contributed by atoms with E-state index in [9.17, 15) is 10.2 Å². The van der Waals surface area contributed by atoms with Crippen molar-refractivity contribution in [1.29, 1.82) is 0 Å². The van der Waals surface area contributed by atoms with E-state index in [2.05, 4.69) is 0 Å². The van der Waals surface area contributed by atoms with Gasteiger partial charge in [0.1, 0.15) is 0 Å². The summed E-state index contributed by atoms with van der Waals surface area (Å²) in [7, 11) is 0. The smallest absolute Gasteiger partial charge is 0.0631 e. The van der Waals surface area contributed by atoms with Crippen molar-refractivity contribution in [3.63, 3.8) is 0 Å². The standard InChI is InChI=1S/C13H20O2/c1-10(14)7-11-5-4-6-12(8-11)9-13(2,3)15/h4-6,8,10,14-15H,7,9H2,1-3H3. The van der Waals surface area contributed by atoms with Gasteiger partial charge in [0, 0.05) is 6.42 Å². The van der Waals surface area contributed by atoms with E-state index in [0.717, 1.165) is 11.1 Å². The maximum Gasteiger partial charge on any atom is 0.0631 e. The van der Waals surface area contributed by atoms with E-state index in [1.54, 1.807) is 20.8 Å². The van der Waals surface area contributed by atoms with Gasteiger partial charge in [0.05, 0.1) is 11.7 Å². The molecule has 0 saturated heterocycles. The first-order valence-corrected chi connectivity index (χ1v) is 5.35. The summed E-state index contributed by atoms with van der Waals surface area (Å²) in [6, 6.07) is 8.02. The molecule has 0 aliphatic heterocycles. The number of rotatable bonds is 4. The van der Waals surface area contributed by atoms with Crippen LogP contribution in [0.2, 0.25) is 0 Å². The third kappa shape index (κ3) is 4.96. The fourth-order valence-corrected chi connectivity index (χ4v) is 1.71. The number of aliphatic hydroxyl groups is 2. The highest BCUT2D eigenvalue weighted by Crippen LogP contribution is 2.14. The number of aliphatic hydroxyl groups excluding tert-OH is 1. The summed E-state index contributed by atoms with van der Waals surface area (Å²) in [5.41, 5.74) is 1.55. The molecule has 0 saturated carbocycles. The monoisotopic (exact) mass is 208 g/mol. The molecule has 0 aliphatic carbocycles. The van der Waals surface area contributed by atoms with Crippen LogP contribution in [-0.4, -0.2) is 21.9 Å². The van der Waals surface area contributed by atoms with E-state index < -0.39 is 5.60 Å². The van der Waals surface area contributed by atoms with Crippen LogP contribution in [0.1, 0.15) is 31.9 Å². The van der Waals surface area contributed by atoms with E-state index in [-0.39, 0.29) is 6.10 Å². The van der Waals surface area contributed by atoms with Gasteiger partial charge < -0.3 is 10.2 Å². The summed E-state index contributed by atoms with van der Waals surface area (Å²) in [5.74, 6) is 0. The molecule has 0 bridgehead atoms. The van der Waals surface area contributed by atoms with Crippen molar-refractivity contribution in [3.05, 3.63) is 35.4 Å². The Kier molecular flexibility index (Phi) is 3.89. The van der Waals surface area contributed by atoms with Gasteiger partial charge in [0.15, 0.2) is 0 Å². The number of benzene rings is 1. The van der Waals surface area contributed by atoms with E-state index in [1.165, 1.54) is 0 Å². The Hall–Kier alpha value is -0.860. The lowest BCUT2D eigenvalue weighted by Gasteiger charge is -2.17. The molecule has 1 aromatic carbocycles. The van der Waals surface area contributed by atoms with Gasteiger partial charge in [-0.15, -0.1) is 0 Å². The molecule has 1 rings (SSSR count). The van der Waals surface area contributed by atoms with Gasteiger partial charge in [-0.25, -0.2) is 0 Å². The Morgan fingerprint density at radius 2 is 1.87 bits per heavy atom. The van der Waals surface area contributed by atoms with Crippen LogP contribution in [0.25, 0.3) is 0 Å². The zero-order valence-electron chi connectivity index (χ0n) is 9.70. The van der Waals surface area contributed by atoms with Crippen molar-refractivity contribution in [2.24, 2.45) is 0 Å². The van der Waals surface area contributed by atoms with Gasteiger partial charge in [-0.3, -0.25) is 0 Å². The molecular formula is C13H20O2. The number of hydrogen-bond donors (Lipinski definition) is 2. The van der Waals surface area contributed by atoms with Crippen LogP contribution < -0.4 is 0 Å². The molecule has 0 amide bonds. The lowest BCUT2D eigenvalue weighted by molar-refractivity contribution is 0.0810. The van der Waals surface area contributed by atoms with Crippen LogP contribution in [0.3, 0.4) is 0 Å². The highest BCUT2D eigenvalue weighted by molar-refractivity contribution is 5.25. The van der Waals surface area contributed by atoms with Gasteiger partial charge in [-0.1, -0.05) is 24.3 Å². The van der Waals surface area contributed by atoms with E-state index in [0.29, 0.717) is 12.8 Å². The normalized spacial score (nSPS) is 13.9. The van der Waals surface area contributed by atoms with Crippen molar-refractivity contribution < 1.29 is 10.2 Å². The Morgan fingerprint density at radius 3 is 2.40 bits per heavy atom. The fraction of sp³-hybridized carbons (Fsp3) is 0.538. The van der Waals surface area contributed by atoms with Gasteiger partial charge in [-0.05, 0) is 38.3 Å². The summed E-state index contributed by atoms with van der Waals surface area (Å²) in [6.45, 7) is 5.38. The minimum absolute atomic E-state index is 0.317. The minimum atomic E-state index is -0.677. The lowest BCUT2D eigenvalue weighted by Crippen LogP contribution is -2.21. The molecular weight excluding hydrogens is 188 g/mol. The Labute approximate surface area is 91.6 Å². The molecule has 1 unspecified atom stereocenters. The van der Waals surface area contributed by atoms with Crippen LogP contribution >= 0.6 is 0 Å². The van der Waals surface area contributed by atoms with Gasteiger partial charge >= 0.3 is 0 Å². The second-order valence-corrected chi connectivity index (χ2v) is 4.86. The minimum Gasteiger partial charge on any atom is -0.393 e. The largest absolute Gasteiger partial charge is 0.393 e. The molecule has 0 heterocycles. The Bertz CT molecular complexity index is 311. The third-order valence-electron chi connectivity index (χ3n) is 2.16. The maximum atomic E-state index is 9.69. The zero-order chi connectivity index (χ0) is 11.5. The Morgan fingerprint density at radius 1 is 1.27 bits per heavy atom. The first kappa shape index (κ1) is 12.2. The summed E-state index contributed by atoms with van der Waals surface area (Å²) >= 11 is 0. The maximum absolute atomic E-state index is 9.69. The summed E-state index contributed by atoms with van der Waals surface area (Å²) in [6.07, 6.45) is 0.989. The van der Waals surface area contributed by atoms with Crippen molar-refractivity contribution >= 4 is 0 Å². The van der Waals surface area contributed by atoms with Crippen LogP contribution in [0, 0.1) is 0 Å². The van der Waals surface area contributed by atoms with E-state index >= 15 is 0 Å². The first-order valence-electron chi connectivity index (χ1n) is 5.35. The van der Waals surface area contributed by atoms with Crippen molar-refractivity contribution in [1.82, 2.24) is 0 Å². The summed E-state index contributed by atoms with van der Waals surface area (Å²) < 4.78 is 0. The third-order valence-corrected chi connectivity index (χ3v) is 2.16. The fourth-order valence-electron chi connectivity index (χ4n) is 1.71. The molecule has 0 spiro atoms. The molecule has 2 nitrogen and oxygen atoms in total. The predicted molar refractivity (Wildman–Crippen MR) is 61.8 cm³/mol. The highest BCUT2D eigenvalue weighted by Gasteiger charge is 2.13. The molecule has 1 atom stereocenters. The molecule has 84 valence electrons. The highest BCUT2D eigenvalue weighted by atomic mass is 16.3. The lowest BCUT2D eigenvalue weighted by atomic mass is 9.96. The number of hydrogen-bond acceptors (Lipinski definition) is 2. The molecule has 2 N–H and O–H groups in total. The summed E-state index contributed by atoms with van der Waals surface area (Å²) in [4.78, 5) is 0. The first-order chi connectivity index (χ1) is 6.87. The van der Waals surface area contributed by atoms with Crippen molar-refractivity contribution in [3.8, 4) is 0 Å². The quantitative estimate of drug-likeness (QED) is 0.793. The zero-order valence-corrected chi connectivity index (χ0v) is 9.70. The molecule has 15 heavy (non-hydrogen) atoms. The topological polar surface area (TPSA) is 40.5 Å². The molecule has 0 aromatic heterocycles. The average Bonchev–Trinajstić information content (AvgIpc) is 1.99.